The second-order valence-corrected chi connectivity index (χ2v) is 5.01. The third-order valence-electron chi connectivity index (χ3n) is 3.34. The second-order valence-electron chi connectivity index (χ2n) is 5.01. The Bertz CT molecular complexity index is 512. The van der Waals surface area contributed by atoms with E-state index < -0.39 is 11.9 Å². The molecule has 1 rings (SSSR count). The summed E-state index contributed by atoms with van der Waals surface area (Å²) in [5, 5.41) is 19.4. The second kappa shape index (κ2) is 8.10. The molecule has 0 aliphatic carbocycles. The Morgan fingerprint density at radius 1 is 1.10 bits per heavy atom. The average Bonchev–Trinajstić information content (AvgIpc) is 2.43. The molecule has 3 heteroatoms. The summed E-state index contributed by atoms with van der Waals surface area (Å²) in [5.74, 6) is -1.09. The Hall–Kier alpha value is -2.29. The van der Waals surface area contributed by atoms with Crippen molar-refractivity contribution in [2.45, 2.75) is 25.7 Å². The van der Waals surface area contributed by atoms with E-state index in [-0.39, 0.29) is 5.75 Å². The fourth-order valence-corrected chi connectivity index (χ4v) is 2.33. The van der Waals surface area contributed by atoms with Gasteiger partial charge >= 0.3 is 5.97 Å². The number of phenols is 1. The Labute approximate surface area is 125 Å². The fraction of sp³-hybridized carbons (Fsp3) is 0.278. The smallest absolute Gasteiger partial charge is 0.307 e. The van der Waals surface area contributed by atoms with Gasteiger partial charge in [0.15, 0.2) is 0 Å². The monoisotopic (exact) mass is 286 g/mol. The quantitative estimate of drug-likeness (QED) is 0.681. The van der Waals surface area contributed by atoms with Crippen molar-refractivity contribution in [1.82, 2.24) is 0 Å². The normalized spacial score (nSPS) is 11.6. The van der Waals surface area contributed by atoms with Crippen molar-refractivity contribution in [3.8, 4) is 5.75 Å². The molecule has 2 N–H and O–H groups in total. The van der Waals surface area contributed by atoms with Crippen LogP contribution in [0, 0.1) is 5.92 Å². The lowest BCUT2D eigenvalue weighted by Gasteiger charge is -2.14. The molecule has 1 atom stereocenters. The lowest BCUT2D eigenvalue weighted by atomic mass is 9.92. The highest BCUT2D eigenvalue weighted by Crippen LogP contribution is 2.28. The largest absolute Gasteiger partial charge is 0.507 e. The van der Waals surface area contributed by atoms with Crippen LogP contribution in [0.15, 0.2) is 50.1 Å². The number of hydrogen-bond acceptors (Lipinski definition) is 2. The van der Waals surface area contributed by atoms with Crippen LogP contribution in [0.5, 0.6) is 5.75 Å². The first kappa shape index (κ1) is 16.8. The zero-order chi connectivity index (χ0) is 15.8. The maximum absolute atomic E-state index is 11.3. The molecule has 0 heterocycles. The number of phenolic OH excluding ortho intramolecular Hbond substituents is 1. The molecule has 0 saturated heterocycles. The molecule has 1 aromatic rings. The van der Waals surface area contributed by atoms with Crippen molar-refractivity contribution in [3.05, 3.63) is 66.8 Å². The third-order valence-corrected chi connectivity index (χ3v) is 3.34. The SMILES string of the molecule is C=CCc1cc(CC(CC=C)C(=O)O)cc(CC=C)c1O. The summed E-state index contributed by atoms with van der Waals surface area (Å²) in [4.78, 5) is 11.3. The summed E-state index contributed by atoms with van der Waals surface area (Å²) < 4.78 is 0. The Kier molecular flexibility index (Phi) is 6.47. The molecule has 1 unspecified atom stereocenters. The molecule has 0 amide bonds. The number of aromatic hydroxyl groups is 1. The summed E-state index contributed by atoms with van der Waals surface area (Å²) in [7, 11) is 0. The van der Waals surface area contributed by atoms with Gasteiger partial charge in [-0.05, 0) is 42.4 Å². The van der Waals surface area contributed by atoms with E-state index in [1.54, 1.807) is 18.2 Å². The predicted octanol–water partition coefficient (Wildman–Crippen LogP) is 3.67. The van der Waals surface area contributed by atoms with Gasteiger partial charge in [0.05, 0.1) is 5.92 Å². The molecule has 3 nitrogen and oxygen atoms in total. The van der Waals surface area contributed by atoms with Crippen LogP contribution in [0.3, 0.4) is 0 Å². The van der Waals surface area contributed by atoms with Crippen molar-refractivity contribution in [1.29, 1.82) is 0 Å². The predicted molar refractivity (Wildman–Crippen MR) is 85.6 cm³/mol. The van der Waals surface area contributed by atoms with E-state index in [2.05, 4.69) is 19.7 Å². The van der Waals surface area contributed by atoms with Crippen LogP contribution >= 0.6 is 0 Å². The summed E-state index contributed by atoms with van der Waals surface area (Å²) in [6.45, 7) is 11.0. The van der Waals surface area contributed by atoms with E-state index >= 15 is 0 Å². The van der Waals surface area contributed by atoms with Gasteiger partial charge in [-0.25, -0.2) is 0 Å². The first-order chi connectivity index (χ1) is 10.0. The summed E-state index contributed by atoms with van der Waals surface area (Å²) in [6.07, 6.45) is 6.98. The molecule has 0 bridgehead atoms. The van der Waals surface area contributed by atoms with Crippen LogP contribution in [-0.4, -0.2) is 16.2 Å². The molecule has 0 radical (unpaired) electrons. The van der Waals surface area contributed by atoms with Crippen molar-refractivity contribution < 1.29 is 15.0 Å². The fourth-order valence-electron chi connectivity index (χ4n) is 2.33. The molecule has 0 spiro atoms. The summed E-state index contributed by atoms with van der Waals surface area (Å²) in [6, 6.07) is 3.70. The molecular weight excluding hydrogens is 264 g/mol. The highest BCUT2D eigenvalue weighted by molar-refractivity contribution is 5.70. The molecule has 0 saturated carbocycles. The van der Waals surface area contributed by atoms with Gasteiger partial charge < -0.3 is 10.2 Å². The standard InChI is InChI=1S/C18H22O3/c1-4-7-14-10-13(11-15(8-5-2)17(14)19)12-16(9-6-3)18(20)21/h4-6,10-11,16,19H,1-3,7-9,12H2,(H,20,21). The molecule has 1 aromatic carbocycles. The molecule has 0 aliphatic rings. The number of benzene rings is 1. The van der Waals surface area contributed by atoms with E-state index in [0.717, 1.165) is 16.7 Å². The molecule has 112 valence electrons. The van der Waals surface area contributed by atoms with Gasteiger partial charge in [-0.15, -0.1) is 19.7 Å². The number of hydrogen-bond donors (Lipinski definition) is 2. The van der Waals surface area contributed by atoms with Gasteiger partial charge in [-0.1, -0.05) is 30.4 Å². The van der Waals surface area contributed by atoms with Crippen LogP contribution in [0.25, 0.3) is 0 Å². The molecule has 0 aromatic heterocycles. The average molecular weight is 286 g/mol. The minimum Gasteiger partial charge on any atom is -0.507 e. The van der Waals surface area contributed by atoms with Crippen molar-refractivity contribution >= 4 is 5.97 Å². The number of carboxylic acid groups (broad SMARTS) is 1. The molecular formula is C18H22O3. The highest BCUT2D eigenvalue weighted by atomic mass is 16.4. The minimum atomic E-state index is -0.835. The topological polar surface area (TPSA) is 57.5 Å². The number of aliphatic carboxylic acids is 1. The molecule has 0 fully saturated rings. The summed E-state index contributed by atoms with van der Waals surface area (Å²) in [5.41, 5.74) is 2.43. The van der Waals surface area contributed by atoms with Gasteiger partial charge in [0.1, 0.15) is 5.75 Å². The van der Waals surface area contributed by atoms with E-state index in [1.165, 1.54) is 0 Å². The lowest BCUT2D eigenvalue weighted by Crippen LogP contribution is -2.16. The Balaban J connectivity index is 3.15. The van der Waals surface area contributed by atoms with Crippen LogP contribution in [0.2, 0.25) is 0 Å². The highest BCUT2D eigenvalue weighted by Gasteiger charge is 2.18. The van der Waals surface area contributed by atoms with Crippen LogP contribution < -0.4 is 0 Å². The maximum Gasteiger partial charge on any atom is 0.307 e. The van der Waals surface area contributed by atoms with Crippen LogP contribution in [0.4, 0.5) is 0 Å². The van der Waals surface area contributed by atoms with Crippen molar-refractivity contribution in [3.63, 3.8) is 0 Å². The Morgan fingerprint density at radius 3 is 2.00 bits per heavy atom. The van der Waals surface area contributed by atoms with E-state index in [9.17, 15) is 15.0 Å². The number of allylic oxidation sites excluding steroid dienone is 3. The zero-order valence-electron chi connectivity index (χ0n) is 12.2. The van der Waals surface area contributed by atoms with Crippen LogP contribution in [0.1, 0.15) is 23.1 Å². The van der Waals surface area contributed by atoms with Gasteiger partial charge in [0.2, 0.25) is 0 Å². The maximum atomic E-state index is 11.3. The van der Waals surface area contributed by atoms with Crippen molar-refractivity contribution in [2.24, 2.45) is 5.92 Å². The zero-order valence-corrected chi connectivity index (χ0v) is 12.2. The number of carboxylic acids is 1. The molecule has 0 aliphatic heterocycles. The number of rotatable bonds is 9. The third kappa shape index (κ3) is 4.63. The molecule has 21 heavy (non-hydrogen) atoms. The van der Waals surface area contributed by atoms with Crippen molar-refractivity contribution in [2.75, 3.05) is 0 Å². The van der Waals surface area contributed by atoms with E-state index in [4.69, 9.17) is 0 Å². The van der Waals surface area contributed by atoms with Gasteiger partial charge in [-0.2, -0.15) is 0 Å². The number of carbonyl (C=O) groups is 1. The van der Waals surface area contributed by atoms with Crippen LogP contribution in [-0.2, 0) is 24.1 Å². The van der Waals surface area contributed by atoms with E-state index in [1.807, 2.05) is 12.1 Å². The van der Waals surface area contributed by atoms with Gasteiger partial charge in [-0.3, -0.25) is 4.79 Å². The van der Waals surface area contributed by atoms with Gasteiger partial charge in [0, 0.05) is 0 Å². The Morgan fingerprint density at radius 2 is 1.62 bits per heavy atom. The summed E-state index contributed by atoms with van der Waals surface area (Å²) >= 11 is 0. The van der Waals surface area contributed by atoms with Gasteiger partial charge in [0.25, 0.3) is 0 Å². The minimum absolute atomic E-state index is 0.245. The first-order valence-corrected chi connectivity index (χ1v) is 6.92. The van der Waals surface area contributed by atoms with E-state index in [0.29, 0.717) is 25.7 Å². The first-order valence-electron chi connectivity index (χ1n) is 6.92. The lowest BCUT2D eigenvalue weighted by molar-refractivity contribution is -0.141.